The first-order valence-electron chi connectivity index (χ1n) is 27.1. The van der Waals surface area contributed by atoms with Gasteiger partial charge in [0, 0.05) is 606 Å². The van der Waals surface area contributed by atoms with Crippen molar-refractivity contribution < 1.29 is 0 Å². The molecule has 0 heterocycles. The second-order valence-corrected chi connectivity index (χ2v) is 12.6. The van der Waals surface area contributed by atoms with Gasteiger partial charge in [-0.2, -0.15) is 0 Å². The molecule has 134 nitrogen and oxygen atoms in total. The number of hydrogen-bond donors (Lipinski definition) is 1. The van der Waals surface area contributed by atoms with Crippen LogP contribution in [0, 0.1) is 0 Å². The molecule has 0 aliphatic rings. The Kier molecular flexibility index (Phi) is 87.8. The van der Waals surface area contributed by atoms with Crippen molar-refractivity contribution in [2.24, 2.45) is 700 Å². The Labute approximate surface area is 726 Å². The molecule has 0 atom stereocenters. The predicted molar refractivity (Wildman–Crippen MR) is 347 cm³/mol. The maximum absolute atomic E-state index is 4.64. The van der Waals surface area contributed by atoms with Crippen molar-refractivity contribution in [1.29, 1.82) is 0 Å². The molecule has 135 heteroatoms. The maximum atomic E-state index is 4.64. The van der Waals surface area contributed by atoms with Crippen LogP contribution in [0.2, 0.25) is 0 Å². The molecular weight excluding hydrogens is 2020 g/mol. The molecule has 684 valence electrons. The second-order valence-electron chi connectivity index (χ2n) is 12.0. The van der Waals surface area contributed by atoms with Gasteiger partial charge >= 0.3 is 0 Å². The minimum Gasteiger partial charge on any atom is -0.303 e. The van der Waals surface area contributed by atoms with E-state index in [9.17, 15) is 0 Å². The van der Waals surface area contributed by atoms with Crippen molar-refractivity contribution in [3.63, 3.8) is 0 Å². The van der Waals surface area contributed by atoms with Crippen molar-refractivity contribution in [2.45, 2.75) is 0 Å². The lowest BCUT2D eigenvalue weighted by molar-refractivity contribution is 0.722. The molecule has 136 heavy (non-hydrogen) atoms. The van der Waals surface area contributed by atoms with E-state index in [1.54, 1.807) is 0 Å². The van der Waals surface area contributed by atoms with Crippen LogP contribution >= 0.6 is 22.6 Å². The van der Waals surface area contributed by atoms with E-state index in [1.807, 2.05) is 22.6 Å². The van der Waals surface area contributed by atoms with Gasteiger partial charge in [0.25, 0.3) is 0 Å². The smallest absolute Gasteiger partial charge is 0.0897 e. The minimum absolute atomic E-state index is 1.33. The van der Waals surface area contributed by atoms with Gasteiger partial charge in [-0.05, 0) is 101 Å². The molecule has 0 bridgehead atoms. The summed E-state index contributed by atoms with van der Waals surface area (Å²) in [5, 5.41) is 399. The van der Waals surface area contributed by atoms with Crippen LogP contribution in [0.15, 0.2) is 695 Å². The lowest BCUT2D eigenvalue weighted by Crippen LogP contribution is -1.70. The molecule has 0 radical (unpaired) electrons. The van der Waals surface area contributed by atoms with Gasteiger partial charge in [0.05, 0.1) is 4.22 Å². The highest BCUT2D eigenvalue weighted by Gasteiger charge is 1.84. The average Bonchev–Trinajstić information content (AvgIpc) is 1.10. The number of rotatable bonds is 66. The van der Waals surface area contributed by atoms with Crippen LogP contribution in [-0.4, -0.2) is 4.22 Å². The Balaban J connectivity index is 4.14. The van der Waals surface area contributed by atoms with Gasteiger partial charge < -0.3 is 5.84 Å². The van der Waals surface area contributed by atoms with Gasteiger partial charge in [-0.15, -0.1) is 5.10 Å². The molecule has 0 spiro atoms. The van der Waals surface area contributed by atoms with Crippen LogP contribution in [0.4, 0.5) is 0 Å². The fourth-order valence-electron chi connectivity index (χ4n) is 2.37. The number of nitrogens with zero attached hydrogens (tertiary/aromatic N) is 133. The lowest BCUT2D eigenvalue weighted by atomic mass is 11.7. The first-order valence-corrected chi connectivity index (χ1v) is 28.4. The van der Waals surface area contributed by atoms with Crippen molar-refractivity contribution in [3.8, 4) is 0 Å². The molecule has 0 saturated heterocycles. The zero-order valence-electron chi connectivity index (χ0n) is 61.0. The summed E-state index contributed by atoms with van der Waals surface area (Å²) in [5.74, 6) is 4.64. The Morgan fingerprint density at radius 2 is 0.118 bits per heavy atom. The lowest BCUT2D eigenvalue weighted by Gasteiger charge is -1.71. The largest absolute Gasteiger partial charge is 0.303 e. The Morgan fingerprint density at radius 1 is 0.0735 bits per heavy atom. The van der Waals surface area contributed by atoms with Crippen molar-refractivity contribution in [1.82, 2.24) is 0 Å². The highest BCUT2D eigenvalue weighted by atomic mass is 127. The quantitative estimate of drug-likeness (QED) is 0.0200. The second kappa shape index (κ2) is 109. The van der Waals surface area contributed by atoms with Crippen molar-refractivity contribution in [2.75, 3.05) is 0 Å². The van der Waals surface area contributed by atoms with Gasteiger partial charge in [0.2, 0.25) is 0 Å². The van der Waals surface area contributed by atoms with Gasteiger partial charge in [-0.25, -0.2) is 0 Å². The topological polar surface area (TPSA) is 1670 Å². The summed E-state index contributed by atoms with van der Waals surface area (Å²) < 4.78 is 1.33. The van der Waals surface area contributed by atoms with E-state index in [0.29, 0.717) is 0 Å². The zero-order valence-corrected chi connectivity index (χ0v) is 63.2. The minimum atomic E-state index is 1.33. The predicted octanol–water partition coefficient (Wildman–Crippen LogP) is 24.6. The molecule has 0 aromatic heterocycles. The highest BCUT2D eigenvalue weighted by molar-refractivity contribution is 14.1. The van der Waals surface area contributed by atoms with Crippen LogP contribution in [0.5, 0.6) is 0 Å². The summed E-state index contributed by atoms with van der Waals surface area (Å²) in [5.41, 5.74) is 0. The fraction of sp³-hybridized carbons (Fsp3) is 0. The van der Waals surface area contributed by atoms with Gasteiger partial charge in [-0.1, -0.05) is 5.22 Å². The molecule has 0 aliphatic carbocycles. The molecule has 2 N–H and O–H groups in total. The van der Waals surface area contributed by atoms with E-state index in [2.05, 4.69) is 700 Å². The molecule has 0 aromatic rings. The highest BCUT2D eigenvalue weighted by Crippen LogP contribution is 2.02. The van der Waals surface area contributed by atoms with E-state index in [1.165, 1.54) is 4.22 Å². The molecule has 0 saturated carbocycles. The Morgan fingerprint density at radius 3 is 0.162 bits per heavy atom. The first kappa shape index (κ1) is 110. The maximum Gasteiger partial charge on any atom is 0.0897 e. The normalized spacial score (nSPS) is 15.8. The molecule has 0 aromatic carbocycles. The monoisotopic (exact) mass is 2020 g/mol. The summed E-state index contributed by atoms with van der Waals surface area (Å²) in [6, 6.07) is 0. The number of nitrogens with two attached hydrogens (primary N) is 1. The third-order valence-corrected chi connectivity index (χ3v) is 5.60. The van der Waals surface area contributed by atoms with Gasteiger partial charge in [-0.3, -0.25) is 0 Å². The summed E-state index contributed by atoms with van der Waals surface area (Å²) >= 11 is 1.81. The Bertz CT molecular complexity index is 4670. The molecule has 0 unspecified atom stereocenters. The fourth-order valence-corrected chi connectivity index (χ4v) is 2.48. The summed E-state index contributed by atoms with van der Waals surface area (Å²) in [6.45, 7) is 0. The Hall–Kier alpha value is -26.2. The van der Waals surface area contributed by atoms with Crippen LogP contribution < -0.4 is 5.84 Å². The zero-order chi connectivity index (χ0) is 96.8. The molecule has 0 amide bonds. The van der Waals surface area contributed by atoms with Crippen molar-refractivity contribution in [3.05, 3.63) is 0 Å². The van der Waals surface area contributed by atoms with Crippen LogP contribution in [0.25, 0.3) is 0 Å². The first-order chi connectivity index (χ1) is 67.9. The van der Waals surface area contributed by atoms with E-state index in [0.717, 1.165) is 0 Å². The SMILES string of the molecule is NN=NN=NN=NN=NN=NN=NN=NN=NN=NN=NN=NN=NN=NN=NN=NN=NN=NN=NN=NN=NN=NN=NN=NN=NN=NN=NN=NN=NN=NN=NN=NN=NN=NN=NN=NN=NN=NN=NN=NN=NN=NN=NN=NN=NN=NN=NN=NN=NN=NN=NN=NN=NN=NN=NN=NN=NN=NN=NN=NN=NN=NN=NN=NN=NN=NN=NN=CI. The average molecular weight is 2020 g/mol. The summed E-state index contributed by atoms with van der Waals surface area (Å²) in [6.07, 6.45) is 0. The van der Waals surface area contributed by atoms with Gasteiger partial charge in [0.1, 0.15) is 0 Å². The van der Waals surface area contributed by atoms with E-state index < -0.39 is 0 Å². The standard InChI is InChI=1S/CH3IN134/c2-1-4-6-8-10-12-14-16-18-20-22-24-26-28-30-32-34-36-38-40-42-44-46-48-50-52-54-56-58-60-62-64-66-68-70-72-74-76-78-80-82-84-86-88-90-92-94-96-98-100-102-104-106-108-110-112-114-116-118-120-122-124-126-128-130-132-134-136-135-133-131-129-127-125-123-121-119-117-115-113-111-109-107-105-103-101-99-97-95-93-91-89-87-85-83-81-79-77-75-73-71-69-67-65-63-61-59-57-55-53-51-49-47-45-43-41-39-37-35-33-31-29-27-25-23-21-19-17-15-13-11-9-7-5-3/h1H,(H2,3,6,7,10,11,14,15,18,19,22,23,26,27,30,31,34,35,38,39,42,43,46,47,50,51,54,55,58,59,62,63,66,67,70,71,74,75,78,79,82,83,86,87,90,91,94,95,98,99,102,103,106,107,110,111,114,115,118,119,122,123,126,127,130,131,134,135). The van der Waals surface area contributed by atoms with Crippen molar-refractivity contribution >= 4 is 26.8 Å². The van der Waals surface area contributed by atoms with E-state index >= 15 is 0 Å². The van der Waals surface area contributed by atoms with Crippen LogP contribution in [0.3, 0.4) is 0 Å². The van der Waals surface area contributed by atoms with E-state index in [4.69, 9.17) is 0 Å². The number of halogens is 1. The third kappa shape index (κ3) is 108. The molecule has 0 aliphatic heterocycles. The molecular formula is CH3IN134. The van der Waals surface area contributed by atoms with Crippen LogP contribution in [-0.2, 0) is 0 Å². The summed E-state index contributed by atoms with van der Waals surface area (Å²) in [4.78, 5) is 0. The van der Waals surface area contributed by atoms with Gasteiger partial charge in [0.15, 0.2) is 0 Å². The number of hydrogen-bond acceptors (Lipinski definition) is 2. The van der Waals surface area contributed by atoms with E-state index in [-0.39, 0.29) is 0 Å². The third-order valence-electron chi connectivity index (χ3n) is 5.35. The van der Waals surface area contributed by atoms with Crippen LogP contribution in [0.1, 0.15) is 0 Å². The molecule has 0 rings (SSSR count). The molecule has 0 fully saturated rings. The summed E-state index contributed by atoms with van der Waals surface area (Å²) in [7, 11) is 0.